The molecule has 0 aliphatic carbocycles. The first-order valence-corrected chi connectivity index (χ1v) is 12.4. The van der Waals surface area contributed by atoms with Gasteiger partial charge in [0.2, 0.25) is 5.91 Å². The lowest BCUT2D eigenvalue weighted by Gasteiger charge is -2.23. The lowest BCUT2D eigenvalue weighted by atomic mass is 9.87. The van der Waals surface area contributed by atoms with Crippen LogP contribution >= 0.6 is 0 Å². The van der Waals surface area contributed by atoms with E-state index in [1.54, 1.807) is 13.1 Å². The van der Waals surface area contributed by atoms with Crippen LogP contribution in [0.1, 0.15) is 39.0 Å². The van der Waals surface area contributed by atoms with E-state index in [-0.39, 0.29) is 30.8 Å². The standard InChI is InChI=1S/C26H35N7O5/c1-26(2,3)15-5-7-16(8-6-15)31-25(37)29-12-10-19(34)32(4)13-18-21(35)22(36)24(38-18)33-14-30-20-17(27)9-11-28-23(20)33/h5-9,11,14,18,21-22,24,35-36H,10,12-13H2,1-4H3,(H2,27,28)(H2,29,31,37)/t18-,21-,22-,24-/m1/s1. The molecule has 3 heterocycles. The number of aliphatic hydroxyl groups is 2. The number of urea groups is 1. The zero-order valence-electron chi connectivity index (χ0n) is 22.0. The van der Waals surface area contributed by atoms with Crippen LogP contribution in [0.4, 0.5) is 16.2 Å². The maximum Gasteiger partial charge on any atom is 0.319 e. The van der Waals surface area contributed by atoms with Crippen LogP contribution in [0.3, 0.4) is 0 Å². The second kappa shape index (κ2) is 10.9. The number of aliphatic hydroxyl groups excluding tert-OH is 2. The third-order valence-corrected chi connectivity index (χ3v) is 6.62. The molecule has 3 amide bonds. The van der Waals surface area contributed by atoms with Crippen LogP contribution in [-0.4, -0.2) is 80.0 Å². The minimum atomic E-state index is -1.26. The number of ether oxygens (including phenoxy) is 1. The summed E-state index contributed by atoms with van der Waals surface area (Å²) in [6.45, 7) is 6.52. The van der Waals surface area contributed by atoms with Crippen LogP contribution in [0.15, 0.2) is 42.9 Å². The fraction of sp³-hybridized carbons (Fsp3) is 0.462. The van der Waals surface area contributed by atoms with Gasteiger partial charge in [0.15, 0.2) is 11.9 Å². The Labute approximate surface area is 220 Å². The molecule has 0 radical (unpaired) electrons. The number of nitrogens with one attached hydrogen (secondary N) is 2. The van der Waals surface area contributed by atoms with Gasteiger partial charge in [0.1, 0.15) is 23.8 Å². The second-order valence-electron chi connectivity index (χ2n) is 10.5. The summed E-state index contributed by atoms with van der Waals surface area (Å²) < 4.78 is 7.42. The molecular formula is C26H35N7O5. The van der Waals surface area contributed by atoms with E-state index in [4.69, 9.17) is 10.5 Å². The van der Waals surface area contributed by atoms with E-state index in [0.29, 0.717) is 22.5 Å². The highest BCUT2D eigenvalue weighted by Crippen LogP contribution is 2.32. The first-order valence-electron chi connectivity index (χ1n) is 12.4. The number of carbonyl (C=O) groups is 2. The van der Waals surface area contributed by atoms with E-state index in [1.807, 2.05) is 24.3 Å². The van der Waals surface area contributed by atoms with Crippen LogP contribution < -0.4 is 16.4 Å². The highest BCUT2D eigenvalue weighted by molar-refractivity contribution is 5.89. The van der Waals surface area contributed by atoms with Crippen molar-refractivity contribution >= 4 is 34.5 Å². The van der Waals surface area contributed by atoms with Gasteiger partial charge in [0.05, 0.1) is 12.0 Å². The maximum atomic E-state index is 12.6. The summed E-state index contributed by atoms with van der Waals surface area (Å²) >= 11 is 0. The van der Waals surface area contributed by atoms with Crippen molar-refractivity contribution in [2.75, 3.05) is 31.2 Å². The molecule has 204 valence electrons. The number of amides is 3. The van der Waals surface area contributed by atoms with Gasteiger partial charge >= 0.3 is 6.03 Å². The van der Waals surface area contributed by atoms with Crippen LogP contribution in [0.5, 0.6) is 0 Å². The quantitative estimate of drug-likeness (QED) is 0.310. The summed E-state index contributed by atoms with van der Waals surface area (Å²) in [5.41, 5.74) is 9.08. The largest absolute Gasteiger partial charge is 0.397 e. The third-order valence-electron chi connectivity index (χ3n) is 6.62. The summed E-state index contributed by atoms with van der Waals surface area (Å²) in [5, 5.41) is 26.6. The lowest BCUT2D eigenvalue weighted by Crippen LogP contribution is -2.41. The summed E-state index contributed by atoms with van der Waals surface area (Å²) in [6, 6.07) is 8.82. The highest BCUT2D eigenvalue weighted by Gasteiger charge is 2.45. The van der Waals surface area contributed by atoms with Gasteiger partial charge in [-0.15, -0.1) is 0 Å². The molecule has 12 nitrogen and oxygen atoms in total. The number of pyridine rings is 1. The predicted molar refractivity (Wildman–Crippen MR) is 142 cm³/mol. The van der Waals surface area contributed by atoms with Gasteiger partial charge in [-0.3, -0.25) is 9.36 Å². The molecule has 3 aromatic rings. The van der Waals surface area contributed by atoms with Gasteiger partial charge in [0, 0.05) is 38.4 Å². The Morgan fingerprint density at radius 3 is 2.53 bits per heavy atom. The van der Waals surface area contributed by atoms with E-state index in [9.17, 15) is 19.8 Å². The first-order chi connectivity index (χ1) is 18.0. The number of rotatable bonds is 7. The molecule has 4 atom stereocenters. The summed E-state index contributed by atoms with van der Waals surface area (Å²) in [6.07, 6.45) is -1.25. The Morgan fingerprint density at radius 2 is 1.84 bits per heavy atom. The number of nitrogens with zero attached hydrogens (tertiary/aromatic N) is 4. The number of fused-ring (bicyclic) bond motifs is 1. The van der Waals surface area contributed by atoms with E-state index in [1.165, 1.54) is 22.0 Å². The molecule has 0 unspecified atom stereocenters. The predicted octanol–water partition coefficient (Wildman–Crippen LogP) is 1.60. The number of hydrogen-bond acceptors (Lipinski definition) is 8. The molecular weight excluding hydrogens is 490 g/mol. The average molecular weight is 526 g/mol. The summed E-state index contributed by atoms with van der Waals surface area (Å²) in [5.74, 6) is -0.254. The number of hydrogen-bond donors (Lipinski definition) is 5. The van der Waals surface area contributed by atoms with Crippen molar-refractivity contribution in [2.45, 2.75) is 57.1 Å². The molecule has 4 rings (SSSR count). The molecule has 6 N–H and O–H groups in total. The van der Waals surface area contributed by atoms with Crippen molar-refractivity contribution < 1.29 is 24.5 Å². The molecule has 1 aliphatic rings. The van der Waals surface area contributed by atoms with Gasteiger partial charge in [0.25, 0.3) is 0 Å². The van der Waals surface area contributed by atoms with E-state index < -0.39 is 30.6 Å². The number of likely N-dealkylation sites (N-methyl/N-ethyl adjacent to an activating group) is 1. The van der Waals surface area contributed by atoms with Crippen LogP contribution in [0.2, 0.25) is 0 Å². The minimum absolute atomic E-state index is 0.0192. The van der Waals surface area contributed by atoms with Crippen molar-refractivity contribution in [1.29, 1.82) is 0 Å². The number of aromatic nitrogens is 3. The molecule has 1 aliphatic heterocycles. The topological polar surface area (TPSA) is 168 Å². The monoisotopic (exact) mass is 525 g/mol. The molecule has 1 saturated heterocycles. The molecule has 1 aromatic carbocycles. The van der Waals surface area contributed by atoms with Crippen molar-refractivity contribution in [3.05, 3.63) is 48.4 Å². The first kappa shape index (κ1) is 27.3. The number of anilines is 2. The Bertz CT molecular complexity index is 1290. The summed E-state index contributed by atoms with van der Waals surface area (Å²) in [7, 11) is 1.57. The van der Waals surface area contributed by atoms with E-state index in [2.05, 4.69) is 41.4 Å². The highest BCUT2D eigenvalue weighted by atomic mass is 16.6. The Balaban J connectivity index is 1.25. The number of imidazole rings is 1. The maximum absolute atomic E-state index is 12.6. The van der Waals surface area contributed by atoms with Crippen molar-refractivity contribution in [2.24, 2.45) is 0 Å². The van der Waals surface area contributed by atoms with Crippen molar-refractivity contribution in [3.8, 4) is 0 Å². The molecule has 1 fully saturated rings. The van der Waals surface area contributed by atoms with Gasteiger partial charge < -0.3 is 36.2 Å². The Hall–Kier alpha value is -3.74. The molecule has 12 heteroatoms. The summed E-state index contributed by atoms with van der Waals surface area (Å²) in [4.78, 5) is 34.7. The SMILES string of the molecule is CN(C[C@H]1O[C@@H](n2cnc3c(N)ccnc32)[C@H](O)[C@@H]1O)C(=O)CCNC(=O)Nc1ccc(C(C)(C)C)cc1. The van der Waals surface area contributed by atoms with Crippen molar-refractivity contribution in [3.63, 3.8) is 0 Å². The number of nitrogens with two attached hydrogens (primary N) is 1. The van der Waals surface area contributed by atoms with Gasteiger partial charge in [-0.2, -0.15) is 0 Å². The fourth-order valence-electron chi connectivity index (χ4n) is 4.32. The molecule has 38 heavy (non-hydrogen) atoms. The third kappa shape index (κ3) is 5.87. The van der Waals surface area contributed by atoms with Crippen LogP contribution in [0.25, 0.3) is 11.2 Å². The van der Waals surface area contributed by atoms with Crippen molar-refractivity contribution in [1.82, 2.24) is 24.8 Å². The number of carbonyl (C=O) groups excluding carboxylic acids is 2. The zero-order valence-corrected chi connectivity index (χ0v) is 22.0. The Kier molecular flexibility index (Phi) is 7.86. The fourth-order valence-corrected chi connectivity index (χ4v) is 4.32. The molecule has 0 saturated carbocycles. The zero-order chi connectivity index (χ0) is 27.6. The number of nitrogen functional groups attached to an aromatic ring is 1. The van der Waals surface area contributed by atoms with Gasteiger partial charge in [-0.1, -0.05) is 32.9 Å². The normalized spacial score (nSPS) is 21.4. The average Bonchev–Trinajstić information content (AvgIpc) is 3.41. The van der Waals surface area contributed by atoms with E-state index >= 15 is 0 Å². The van der Waals surface area contributed by atoms with Gasteiger partial charge in [-0.25, -0.2) is 14.8 Å². The van der Waals surface area contributed by atoms with Gasteiger partial charge in [-0.05, 0) is 29.2 Å². The smallest absolute Gasteiger partial charge is 0.319 e. The lowest BCUT2D eigenvalue weighted by molar-refractivity contribution is -0.132. The molecule has 0 bridgehead atoms. The Morgan fingerprint density at radius 1 is 1.13 bits per heavy atom. The second-order valence-corrected chi connectivity index (χ2v) is 10.5. The number of benzene rings is 1. The minimum Gasteiger partial charge on any atom is -0.397 e. The van der Waals surface area contributed by atoms with E-state index in [0.717, 1.165) is 5.56 Å². The van der Waals surface area contributed by atoms with Crippen LogP contribution in [-0.2, 0) is 14.9 Å². The molecule has 2 aromatic heterocycles. The van der Waals surface area contributed by atoms with Crippen LogP contribution in [0, 0.1) is 0 Å². The molecule has 0 spiro atoms.